The summed E-state index contributed by atoms with van der Waals surface area (Å²) in [6.45, 7) is 0. The number of nitrogens with one attached hydrogen (secondary N) is 1. The molecule has 1 aromatic carbocycles. The molecular formula is C13H18N2O6. The maximum atomic E-state index is 11.7. The number of nitrogen functional groups attached to an aromatic ring is 1. The second-order valence-electron chi connectivity index (χ2n) is 4.22. The summed E-state index contributed by atoms with van der Waals surface area (Å²) in [5.41, 5.74) is 2.10. The Kier molecular flexibility index (Phi) is 6.10. The van der Waals surface area contributed by atoms with E-state index in [1.807, 2.05) is 5.43 Å². The summed E-state index contributed by atoms with van der Waals surface area (Å²) in [7, 11) is 2.59. The number of aliphatic hydroxyl groups excluding tert-OH is 2. The van der Waals surface area contributed by atoms with Gasteiger partial charge in [-0.25, -0.2) is 5.84 Å². The molecule has 0 saturated carbocycles. The van der Waals surface area contributed by atoms with E-state index in [-0.39, 0.29) is 11.1 Å². The zero-order valence-corrected chi connectivity index (χ0v) is 11.7. The van der Waals surface area contributed by atoms with Crippen molar-refractivity contribution >= 4 is 11.9 Å². The normalized spacial score (nSPS) is 13.2. The van der Waals surface area contributed by atoms with Gasteiger partial charge in [0.2, 0.25) is 0 Å². The number of ether oxygens (including phenoxy) is 2. The zero-order chi connectivity index (χ0) is 16.0. The summed E-state index contributed by atoms with van der Waals surface area (Å²) in [5.74, 6) is 4.13. The molecule has 0 saturated heterocycles. The van der Waals surface area contributed by atoms with Gasteiger partial charge in [0, 0.05) is 0 Å². The highest BCUT2D eigenvalue weighted by atomic mass is 16.5. The highest BCUT2D eigenvalue weighted by Crippen LogP contribution is 2.26. The topological polar surface area (TPSA) is 131 Å². The SMILES string of the molecule is COC(=O)CC(O)C(O)c1ccc(OC)cc1C(=O)NN. The predicted octanol–water partition coefficient (Wildman–Crippen LogP) is -0.744. The van der Waals surface area contributed by atoms with Crippen LogP contribution in [0.4, 0.5) is 0 Å². The smallest absolute Gasteiger partial charge is 0.308 e. The fourth-order valence-electron chi connectivity index (χ4n) is 1.77. The summed E-state index contributed by atoms with van der Waals surface area (Å²) in [6, 6.07) is 4.29. The fraction of sp³-hybridized carbons (Fsp3) is 0.385. The number of amides is 1. The highest BCUT2D eigenvalue weighted by Gasteiger charge is 2.26. The number of hydrogen-bond acceptors (Lipinski definition) is 7. The summed E-state index contributed by atoms with van der Waals surface area (Å²) >= 11 is 0. The number of hydrogen-bond donors (Lipinski definition) is 4. The Morgan fingerprint density at radius 2 is 2.00 bits per heavy atom. The van der Waals surface area contributed by atoms with E-state index in [1.54, 1.807) is 0 Å². The molecule has 1 aromatic rings. The maximum absolute atomic E-state index is 11.7. The second kappa shape index (κ2) is 7.58. The van der Waals surface area contributed by atoms with Gasteiger partial charge in [-0.15, -0.1) is 0 Å². The Morgan fingerprint density at radius 1 is 1.33 bits per heavy atom. The Balaban J connectivity index is 3.10. The Morgan fingerprint density at radius 3 is 2.52 bits per heavy atom. The molecule has 21 heavy (non-hydrogen) atoms. The molecule has 116 valence electrons. The van der Waals surface area contributed by atoms with Gasteiger partial charge in [-0.3, -0.25) is 15.0 Å². The van der Waals surface area contributed by atoms with E-state index in [9.17, 15) is 19.8 Å². The zero-order valence-electron chi connectivity index (χ0n) is 11.7. The number of carbonyl (C=O) groups is 2. The molecule has 0 aliphatic carbocycles. The van der Waals surface area contributed by atoms with Crippen LogP contribution in [0.3, 0.4) is 0 Å². The van der Waals surface area contributed by atoms with Crippen LogP contribution in [-0.4, -0.2) is 42.4 Å². The van der Waals surface area contributed by atoms with E-state index >= 15 is 0 Å². The third kappa shape index (κ3) is 4.15. The predicted molar refractivity (Wildman–Crippen MR) is 72.2 cm³/mol. The van der Waals surface area contributed by atoms with Gasteiger partial charge < -0.3 is 19.7 Å². The van der Waals surface area contributed by atoms with E-state index in [2.05, 4.69) is 4.74 Å². The van der Waals surface area contributed by atoms with Gasteiger partial charge in [-0.1, -0.05) is 6.07 Å². The first-order valence-electron chi connectivity index (χ1n) is 6.06. The van der Waals surface area contributed by atoms with Crippen molar-refractivity contribution in [2.45, 2.75) is 18.6 Å². The molecule has 2 atom stereocenters. The summed E-state index contributed by atoms with van der Waals surface area (Å²) in [5, 5.41) is 19.9. The van der Waals surface area contributed by atoms with Gasteiger partial charge in [0.25, 0.3) is 5.91 Å². The minimum atomic E-state index is -1.46. The number of methoxy groups -OCH3 is 2. The average molecular weight is 298 g/mol. The number of esters is 1. The fourth-order valence-corrected chi connectivity index (χ4v) is 1.77. The number of hydrazine groups is 1. The number of aliphatic hydroxyl groups is 2. The monoisotopic (exact) mass is 298 g/mol. The van der Waals surface area contributed by atoms with E-state index in [0.29, 0.717) is 5.75 Å². The maximum Gasteiger partial charge on any atom is 0.308 e. The molecule has 0 heterocycles. The molecule has 0 aliphatic rings. The molecule has 5 N–H and O–H groups in total. The van der Waals surface area contributed by atoms with E-state index in [4.69, 9.17) is 10.6 Å². The molecule has 1 amide bonds. The first kappa shape index (κ1) is 16.9. The summed E-state index contributed by atoms with van der Waals surface area (Å²) in [6.07, 6.45) is -3.29. The van der Waals surface area contributed by atoms with Gasteiger partial charge in [0.05, 0.1) is 32.3 Å². The van der Waals surface area contributed by atoms with Crippen LogP contribution in [0.15, 0.2) is 18.2 Å². The van der Waals surface area contributed by atoms with Crippen LogP contribution in [-0.2, 0) is 9.53 Å². The molecule has 1 rings (SSSR count). The van der Waals surface area contributed by atoms with Crippen molar-refractivity contribution < 1.29 is 29.3 Å². The molecule has 8 nitrogen and oxygen atoms in total. The lowest BCUT2D eigenvalue weighted by atomic mass is 9.96. The molecule has 0 spiro atoms. The summed E-state index contributed by atoms with van der Waals surface area (Å²) < 4.78 is 9.40. The molecule has 0 bridgehead atoms. The number of benzene rings is 1. The van der Waals surface area contributed by atoms with Crippen molar-refractivity contribution in [1.82, 2.24) is 5.43 Å². The number of nitrogens with two attached hydrogens (primary N) is 1. The third-order valence-corrected chi connectivity index (χ3v) is 2.92. The minimum absolute atomic E-state index is 0.0354. The van der Waals surface area contributed by atoms with E-state index < -0.39 is 30.5 Å². The van der Waals surface area contributed by atoms with E-state index in [1.165, 1.54) is 32.4 Å². The third-order valence-electron chi connectivity index (χ3n) is 2.92. The number of carbonyl (C=O) groups excluding carboxylic acids is 2. The second-order valence-corrected chi connectivity index (χ2v) is 4.22. The van der Waals surface area contributed by atoms with Crippen LogP contribution in [0.25, 0.3) is 0 Å². The van der Waals surface area contributed by atoms with Gasteiger partial charge >= 0.3 is 5.97 Å². The van der Waals surface area contributed by atoms with Crippen molar-refractivity contribution in [1.29, 1.82) is 0 Å². The molecule has 0 fully saturated rings. The van der Waals surface area contributed by atoms with Crippen LogP contribution in [0, 0.1) is 0 Å². The molecular weight excluding hydrogens is 280 g/mol. The molecule has 0 aromatic heterocycles. The first-order chi connectivity index (χ1) is 9.94. The highest BCUT2D eigenvalue weighted by molar-refractivity contribution is 5.95. The standard InChI is InChI=1S/C13H18N2O6/c1-20-7-3-4-8(9(5-7)13(19)15-14)12(18)10(16)6-11(17)21-2/h3-5,10,12,16,18H,6,14H2,1-2H3,(H,15,19). The van der Waals surface area contributed by atoms with Crippen molar-refractivity contribution in [3.05, 3.63) is 29.3 Å². The quantitative estimate of drug-likeness (QED) is 0.235. The Hall–Kier alpha value is -2.16. The van der Waals surface area contributed by atoms with Crippen LogP contribution in [0.1, 0.15) is 28.4 Å². The lowest BCUT2D eigenvalue weighted by Crippen LogP contribution is -2.32. The largest absolute Gasteiger partial charge is 0.497 e. The molecule has 0 radical (unpaired) electrons. The number of rotatable bonds is 6. The summed E-state index contributed by atoms with van der Waals surface area (Å²) in [4.78, 5) is 22.9. The Labute approximate surface area is 121 Å². The van der Waals surface area contributed by atoms with Crippen LogP contribution < -0.4 is 16.0 Å². The average Bonchev–Trinajstić information content (AvgIpc) is 2.52. The van der Waals surface area contributed by atoms with Crippen molar-refractivity contribution in [3.63, 3.8) is 0 Å². The van der Waals surface area contributed by atoms with Gasteiger partial charge in [0.15, 0.2) is 0 Å². The van der Waals surface area contributed by atoms with Gasteiger partial charge in [0.1, 0.15) is 11.9 Å². The molecule has 8 heteroatoms. The molecule has 2 unspecified atom stereocenters. The van der Waals surface area contributed by atoms with Crippen LogP contribution >= 0.6 is 0 Å². The van der Waals surface area contributed by atoms with Crippen LogP contribution in [0.5, 0.6) is 5.75 Å². The van der Waals surface area contributed by atoms with Crippen LogP contribution in [0.2, 0.25) is 0 Å². The Bertz CT molecular complexity index is 519. The van der Waals surface area contributed by atoms with Gasteiger partial charge in [-0.2, -0.15) is 0 Å². The molecule has 0 aliphatic heterocycles. The van der Waals surface area contributed by atoms with Gasteiger partial charge in [-0.05, 0) is 17.7 Å². The van der Waals surface area contributed by atoms with E-state index in [0.717, 1.165) is 0 Å². The van der Waals surface area contributed by atoms with Crippen molar-refractivity contribution in [3.8, 4) is 5.75 Å². The first-order valence-corrected chi connectivity index (χ1v) is 6.06. The minimum Gasteiger partial charge on any atom is -0.497 e. The lowest BCUT2D eigenvalue weighted by molar-refractivity contribution is -0.144. The van der Waals surface area contributed by atoms with Crippen molar-refractivity contribution in [2.24, 2.45) is 5.84 Å². The van der Waals surface area contributed by atoms with Crippen molar-refractivity contribution in [2.75, 3.05) is 14.2 Å². The lowest BCUT2D eigenvalue weighted by Gasteiger charge is -2.20.